The molecule has 2 amide bonds. The molecule has 2 aromatic rings. The summed E-state index contributed by atoms with van der Waals surface area (Å²) in [5.41, 5.74) is 1.81. The van der Waals surface area contributed by atoms with Crippen molar-refractivity contribution < 1.29 is 9.53 Å². The molecule has 2 heterocycles. The van der Waals surface area contributed by atoms with Gasteiger partial charge in [0.15, 0.2) is 0 Å². The molecule has 6 nitrogen and oxygen atoms in total. The highest BCUT2D eigenvalue weighted by molar-refractivity contribution is 5.74. The van der Waals surface area contributed by atoms with Crippen LogP contribution in [0.1, 0.15) is 23.6 Å². The third kappa shape index (κ3) is 4.22. The van der Waals surface area contributed by atoms with E-state index in [1.54, 1.807) is 4.90 Å². The van der Waals surface area contributed by atoms with Crippen molar-refractivity contribution in [3.63, 3.8) is 0 Å². The van der Waals surface area contributed by atoms with E-state index < -0.39 is 0 Å². The van der Waals surface area contributed by atoms with Gasteiger partial charge in [-0.2, -0.15) is 0 Å². The molecule has 6 heteroatoms. The van der Waals surface area contributed by atoms with E-state index in [4.69, 9.17) is 4.74 Å². The number of urea groups is 1. The van der Waals surface area contributed by atoms with Crippen LogP contribution in [0.25, 0.3) is 0 Å². The number of hydrogen-bond acceptors (Lipinski definition) is 4. The van der Waals surface area contributed by atoms with Gasteiger partial charge >= 0.3 is 6.03 Å². The number of nitrogens with one attached hydrogen (secondary N) is 1. The number of aryl methyl sites for hydroxylation is 2. The molecule has 0 saturated carbocycles. The van der Waals surface area contributed by atoms with Gasteiger partial charge in [-0.3, -0.25) is 0 Å². The molecular formula is C18H22N4O2. The Balaban J connectivity index is 1.49. The number of likely N-dealkylation sites (tertiary alicyclic amines) is 1. The molecule has 1 aromatic carbocycles. The van der Waals surface area contributed by atoms with E-state index in [0.717, 1.165) is 23.6 Å². The van der Waals surface area contributed by atoms with Crippen LogP contribution in [0.4, 0.5) is 4.79 Å². The Morgan fingerprint density at radius 1 is 1.25 bits per heavy atom. The molecule has 3 rings (SSSR count). The molecule has 0 bridgehead atoms. The fourth-order valence-corrected chi connectivity index (χ4v) is 2.84. The molecule has 0 radical (unpaired) electrons. The van der Waals surface area contributed by atoms with Crippen LogP contribution < -0.4 is 10.1 Å². The summed E-state index contributed by atoms with van der Waals surface area (Å²) >= 11 is 0. The van der Waals surface area contributed by atoms with Gasteiger partial charge in [-0.1, -0.05) is 18.2 Å². The number of ether oxygens (including phenoxy) is 1. The van der Waals surface area contributed by atoms with Gasteiger partial charge in [0.1, 0.15) is 17.7 Å². The van der Waals surface area contributed by atoms with Crippen LogP contribution in [-0.2, 0) is 6.54 Å². The SMILES string of the molecule is Cc1cc(C)nc(CNC(=O)N2CC[C@@H](Oc3ccccc3)C2)n1. The first-order valence-electron chi connectivity index (χ1n) is 8.16. The first-order chi connectivity index (χ1) is 11.6. The predicted octanol–water partition coefficient (Wildman–Crippen LogP) is 2.46. The molecular weight excluding hydrogens is 304 g/mol. The van der Waals surface area contributed by atoms with Crippen molar-refractivity contribution in [2.45, 2.75) is 32.9 Å². The number of amides is 2. The van der Waals surface area contributed by atoms with E-state index in [-0.39, 0.29) is 12.1 Å². The molecule has 1 N–H and O–H groups in total. The summed E-state index contributed by atoms with van der Waals surface area (Å²) in [7, 11) is 0. The van der Waals surface area contributed by atoms with Crippen LogP contribution >= 0.6 is 0 Å². The molecule has 1 atom stereocenters. The number of benzene rings is 1. The monoisotopic (exact) mass is 326 g/mol. The van der Waals surface area contributed by atoms with Crippen LogP contribution in [-0.4, -0.2) is 40.1 Å². The minimum Gasteiger partial charge on any atom is -0.489 e. The van der Waals surface area contributed by atoms with E-state index in [0.29, 0.717) is 25.5 Å². The average Bonchev–Trinajstić information content (AvgIpc) is 3.01. The van der Waals surface area contributed by atoms with Gasteiger partial charge in [-0.15, -0.1) is 0 Å². The zero-order chi connectivity index (χ0) is 16.9. The van der Waals surface area contributed by atoms with Crippen molar-refractivity contribution in [3.05, 3.63) is 53.6 Å². The second-order valence-corrected chi connectivity index (χ2v) is 6.01. The number of carbonyl (C=O) groups is 1. The standard InChI is InChI=1S/C18H22N4O2/c1-13-10-14(2)21-17(20-13)11-19-18(23)22-9-8-16(12-22)24-15-6-4-3-5-7-15/h3-7,10,16H,8-9,11-12H2,1-2H3,(H,19,23)/t16-/m1/s1. The van der Waals surface area contributed by atoms with Crippen molar-refractivity contribution >= 4 is 6.03 Å². The van der Waals surface area contributed by atoms with E-state index >= 15 is 0 Å². The second kappa shape index (κ2) is 7.29. The lowest BCUT2D eigenvalue weighted by Crippen LogP contribution is -2.39. The van der Waals surface area contributed by atoms with E-state index in [1.807, 2.05) is 50.2 Å². The van der Waals surface area contributed by atoms with Crippen molar-refractivity contribution in [3.8, 4) is 5.75 Å². The second-order valence-electron chi connectivity index (χ2n) is 6.01. The largest absolute Gasteiger partial charge is 0.489 e. The van der Waals surface area contributed by atoms with Gasteiger partial charge in [-0.25, -0.2) is 14.8 Å². The number of aromatic nitrogens is 2. The Labute approximate surface area is 141 Å². The van der Waals surface area contributed by atoms with E-state index in [1.165, 1.54) is 0 Å². The number of nitrogens with zero attached hydrogens (tertiary/aromatic N) is 3. The molecule has 1 aliphatic rings. The van der Waals surface area contributed by atoms with E-state index in [9.17, 15) is 4.79 Å². The molecule has 0 unspecified atom stereocenters. The number of carbonyl (C=O) groups excluding carboxylic acids is 1. The smallest absolute Gasteiger partial charge is 0.317 e. The molecule has 1 fully saturated rings. The Kier molecular flexibility index (Phi) is 4.93. The normalized spacial score (nSPS) is 16.9. The highest BCUT2D eigenvalue weighted by Gasteiger charge is 2.27. The van der Waals surface area contributed by atoms with Crippen molar-refractivity contribution in [2.75, 3.05) is 13.1 Å². The van der Waals surface area contributed by atoms with Gasteiger partial charge in [0, 0.05) is 24.4 Å². The fraction of sp³-hybridized carbons (Fsp3) is 0.389. The zero-order valence-corrected chi connectivity index (χ0v) is 14.0. The summed E-state index contributed by atoms with van der Waals surface area (Å²) in [5, 5.41) is 2.89. The molecule has 1 aliphatic heterocycles. The Morgan fingerprint density at radius 2 is 1.96 bits per heavy atom. The fourth-order valence-electron chi connectivity index (χ4n) is 2.84. The number of hydrogen-bond donors (Lipinski definition) is 1. The molecule has 24 heavy (non-hydrogen) atoms. The quantitative estimate of drug-likeness (QED) is 0.937. The Hall–Kier alpha value is -2.63. The summed E-state index contributed by atoms with van der Waals surface area (Å²) in [6.45, 7) is 5.46. The summed E-state index contributed by atoms with van der Waals surface area (Å²) in [6.07, 6.45) is 0.873. The Morgan fingerprint density at radius 3 is 2.67 bits per heavy atom. The first-order valence-corrected chi connectivity index (χ1v) is 8.16. The minimum atomic E-state index is -0.100. The molecule has 126 valence electrons. The third-order valence-corrected chi connectivity index (χ3v) is 3.90. The maximum absolute atomic E-state index is 12.3. The van der Waals surface area contributed by atoms with Crippen LogP contribution in [0, 0.1) is 13.8 Å². The summed E-state index contributed by atoms with van der Waals surface area (Å²) < 4.78 is 5.90. The average molecular weight is 326 g/mol. The number of para-hydroxylation sites is 1. The maximum atomic E-state index is 12.3. The van der Waals surface area contributed by atoms with Gasteiger partial charge < -0.3 is 15.0 Å². The zero-order valence-electron chi connectivity index (χ0n) is 14.0. The summed E-state index contributed by atoms with van der Waals surface area (Å²) in [6, 6.07) is 11.5. The van der Waals surface area contributed by atoms with Crippen LogP contribution in [0.3, 0.4) is 0 Å². The topological polar surface area (TPSA) is 67.4 Å². The van der Waals surface area contributed by atoms with Gasteiger partial charge in [-0.05, 0) is 32.0 Å². The molecule has 1 aromatic heterocycles. The number of rotatable bonds is 4. The van der Waals surface area contributed by atoms with Crippen LogP contribution in [0.5, 0.6) is 5.75 Å². The first kappa shape index (κ1) is 16.2. The highest BCUT2D eigenvalue weighted by Crippen LogP contribution is 2.18. The highest BCUT2D eigenvalue weighted by atomic mass is 16.5. The van der Waals surface area contributed by atoms with Crippen LogP contribution in [0.15, 0.2) is 36.4 Å². The van der Waals surface area contributed by atoms with Gasteiger partial charge in [0.2, 0.25) is 0 Å². The predicted molar refractivity (Wildman–Crippen MR) is 90.8 cm³/mol. The maximum Gasteiger partial charge on any atom is 0.317 e. The van der Waals surface area contributed by atoms with Gasteiger partial charge in [0.05, 0.1) is 13.1 Å². The third-order valence-electron chi connectivity index (χ3n) is 3.90. The lowest BCUT2D eigenvalue weighted by molar-refractivity contribution is 0.186. The lowest BCUT2D eigenvalue weighted by Gasteiger charge is -2.18. The molecule has 1 saturated heterocycles. The summed E-state index contributed by atoms with van der Waals surface area (Å²) in [4.78, 5) is 22.7. The van der Waals surface area contributed by atoms with E-state index in [2.05, 4.69) is 15.3 Å². The van der Waals surface area contributed by atoms with Crippen molar-refractivity contribution in [1.29, 1.82) is 0 Å². The minimum absolute atomic E-state index is 0.0376. The van der Waals surface area contributed by atoms with Gasteiger partial charge in [0.25, 0.3) is 0 Å². The Bertz CT molecular complexity index is 685. The summed E-state index contributed by atoms with van der Waals surface area (Å²) in [5.74, 6) is 1.48. The van der Waals surface area contributed by atoms with Crippen LogP contribution in [0.2, 0.25) is 0 Å². The molecule has 0 spiro atoms. The van der Waals surface area contributed by atoms with Crippen molar-refractivity contribution in [1.82, 2.24) is 20.2 Å². The molecule has 0 aliphatic carbocycles. The van der Waals surface area contributed by atoms with Crippen molar-refractivity contribution in [2.24, 2.45) is 0 Å². The lowest BCUT2D eigenvalue weighted by atomic mass is 10.3.